The van der Waals surface area contributed by atoms with E-state index in [1.54, 1.807) is 0 Å². The lowest BCUT2D eigenvalue weighted by atomic mass is 10.0. The topological polar surface area (TPSA) is 29.3 Å². The Labute approximate surface area is 81.5 Å². The van der Waals surface area contributed by atoms with Crippen LogP contribution in [0.3, 0.4) is 0 Å². The maximum atomic E-state index is 5.86. The summed E-state index contributed by atoms with van der Waals surface area (Å²) in [5.74, 6) is 6.72. The van der Waals surface area contributed by atoms with Gasteiger partial charge in [-0.05, 0) is 32.7 Å². The summed E-state index contributed by atoms with van der Waals surface area (Å²) in [5.41, 5.74) is 5.86. The number of hydrogen-bond donors (Lipinski definition) is 1. The molecule has 1 aliphatic heterocycles. The number of hydrogen-bond acceptors (Lipinski definition) is 2. The minimum absolute atomic E-state index is 0.349. The minimum Gasteiger partial charge on any atom is -0.328 e. The predicted molar refractivity (Wildman–Crippen MR) is 56.3 cm³/mol. The summed E-state index contributed by atoms with van der Waals surface area (Å²) in [4.78, 5) is 2.47. The lowest BCUT2D eigenvalue weighted by molar-refractivity contribution is 0.323. The average molecular weight is 180 g/mol. The zero-order valence-corrected chi connectivity index (χ0v) is 8.71. The van der Waals surface area contributed by atoms with Crippen molar-refractivity contribution in [2.45, 2.75) is 32.7 Å². The van der Waals surface area contributed by atoms with E-state index < -0.39 is 0 Å². The highest BCUT2D eigenvalue weighted by Crippen LogP contribution is 2.18. The van der Waals surface area contributed by atoms with Crippen LogP contribution < -0.4 is 5.73 Å². The Morgan fingerprint density at radius 1 is 1.62 bits per heavy atom. The van der Waals surface area contributed by atoms with Gasteiger partial charge in [0.1, 0.15) is 0 Å². The normalized spacial score (nSPS) is 25.3. The molecule has 74 valence electrons. The molecule has 0 spiro atoms. The molecule has 0 amide bonds. The summed E-state index contributed by atoms with van der Waals surface area (Å²) < 4.78 is 0. The van der Waals surface area contributed by atoms with Gasteiger partial charge in [0.05, 0.1) is 0 Å². The van der Waals surface area contributed by atoms with Gasteiger partial charge in [-0.2, -0.15) is 0 Å². The van der Waals surface area contributed by atoms with Gasteiger partial charge >= 0.3 is 0 Å². The SMILES string of the molecule is CC#CCCN1CCC(C(C)N)C1. The van der Waals surface area contributed by atoms with Crippen LogP contribution in [0.1, 0.15) is 26.7 Å². The van der Waals surface area contributed by atoms with E-state index in [0.717, 1.165) is 13.0 Å². The smallest absolute Gasteiger partial charge is 0.0216 e. The van der Waals surface area contributed by atoms with Crippen molar-refractivity contribution in [3.8, 4) is 11.8 Å². The Morgan fingerprint density at radius 3 is 2.92 bits per heavy atom. The highest BCUT2D eigenvalue weighted by atomic mass is 15.1. The molecule has 0 aromatic rings. The average Bonchev–Trinajstić information content (AvgIpc) is 2.53. The van der Waals surface area contributed by atoms with Crippen LogP contribution in [0.5, 0.6) is 0 Å². The van der Waals surface area contributed by atoms with Crippen LogP contribution in [0.2, 0.25) is 0 Å². The molecule has 1 aliphatic rings. The Kier molecular flexibility index (Phi) is 4.27. The van der Waals surface area contributed by atoms with Crippen molar-refractivity contribution in [2.24, 2.45) is 11.7 Å². The van der Waals surface area contributed by atoms with Crippen molar-refractivity contribution in [1.29, 1.82) is 0 Å². The van der Waals surface area contributed by atoms with Crippen molar-refractivity contribution in [3.05, 3.63) is 0 Å². The van der Waals surface area contributed by atoms with E-state index >= 15 is 0 Å². The highest BCUT2D eigenvalue weighted by Gasteiger charge is 2.24. The number of likely N-dealkylation sites (tertiary alicyclic amines) is 1. The molecule has 1 rings (SSSR count). The van der Waals surface area contributed by atoms with Crippen LogP contribution in [0.15, 0.2) is 0 Å². The second-order valence-corrected chi connectivity index (χ2v) is 3.89. The number of nitrogens with zero attached hydrogens (tertiary/aromatic N) is 1. The van der Waals surface area contributed by atoms with Gasteiger partial charge in [-0.3, -0.25) is 0 Å². The van der Waals surface area contributed by atoms with E-state index in [1.165, 1.54) is 19.5 Å². The van der Waals surface area contributed by atoms with Crippen LogP contribution in [-0.4, -0.2) is 30.6 Å². The predicted octanol–water partition coefficient (Wildman–Crippen LogP) is 1.07. The Bertz CT molecular complexity index is 200. The summed E-state index contributed by atoms with van der Waals surface area (Å²) in [6.45, 7) is 7.50. The molecule has 0 bridgehead atoms. The molecule has 2 unspecified atom stereocenters. The molecule has 2 N–H and O–H groups in total. The van der Waals surface area contributed by atoms with Crippen LogP contribution >= 0.6 is 0 Å². The first-order chi connectivity index (χ1) is 6.24. The fourth-order valence-corrected chi connectivity index (χ4v) is 1.83. The molecule has 0 aromatic carbocycles. The van der Waals surface area contributed by atoms with Crippen molar-refractivity contribution in [2.75, 3.05) is 19.6 Å². The van der Waals surface area contributed by atoms with Gasteiger partial charge in [-0.15, -0.1) is 11.8 Å². The molecule has 1 heterocycles. The first kappa shape index (κ1) is 10.6. The van der Waals surface area contributed by atoms with E-state index in [4.69, 9.17) is 5.73 Å². The van der Waals surface area contributed by atoms with E-state index in [0.29, 0.717) is 12.0 Å². The lowest BCUT2D eigenvalue weighted by Crippen LogP contribution is -2.30. The van der Waals surface area contributed by atoms with Crippen molar-refractivity contribution in [1.82, 2.24) is 4.90 Å². The van der Waals surface area contributed by atoms with Crippen molar-refractivity contribution < 1.29 is 0 Å². The molecule has 0 radical (unpaired) electrons. The maximum Gasteiger partial charge on any atom is 0.0216 e. The molecule has 0 saturated carbocycles. The summed E-state index contributed by atoms with van der Waals surface area (Å²) in [6, 6.07) is 0.349. The van der Waals surface area contributed by atoms with Crippen LogP contribution in [0.25, 0.3) is 0 Å². The fourth-order valence-electron chi connectivity index (χ4n) is 1.83. The standard InChI is InChI=1S/C11H20N2/c1-3-4-5-7-13-8-6-11(9-13)10(2)12/h10-11H,5-9,12H2,1-2H3. The second kappa shape index (κ2) is 5.26. The molecule has 2 heteroatoms. The van der Waals surface area contributed by atoms with Crippen LogP contribution in [0, 0.1) is 17.8 Å². The third-order valence-electron chi connectivity index (χ3n) is 2.78. The van der Waals surface area contributed by atoms with Gasteiger partial charge in [0.15, 0.2) is 0 Å². The Balaban J connectivity index is 2.20. The lowest BCUT2D eigenvalue weighted by Gasteiger charge is -2.16. The zero-order chi connectivity index (χ0) is 9.68. The summed E-state index contributed by atoms with van der Waals surface area (Å²) >= 11 is 0. The van der Waals surface area contributed by atoms with Gasteiger partial charge in [0.25, 0.3) is 0 Å². The minimum atomic E-state index is 0.349. The third-order valence-corrected chi connectivity index (χ3v) is 2.78. The van der Waals surface area contributed by atoms with Gasteiger partial charge < -0.3 is 10.6 Å². The monoisotopic (exact) mass is 180 g/mol. The van der Waals surface area contributed by atoms with E-state index in [1.807, 2.05) is 6.92 Å². The molecule has 13 heavy (non-hydrogen) atoms. The van der Waals surface area contributed by atoms with Crippen LogP contribution in [0.4, 0.5) is 0 Å². The Morgan fingerprint density at radius 2 is 2.38 bits per heavy atom. The second-order valence-electron chi connectivity index (χ2n) is 3.89. The third kappa shape index (κ3) is 3.38. The molecular formula is C11H20N2. The molecule has 2 atom stereocenters. The summed E-state index contributed by atoms with van der Waals surface area (Å²) in [5, 5.41) is 0. The largest absolute Gasteiger partial charge is 0.328 e. The molecule has 1 fully saturated rings. The van der Waals surface area contributed by atoms with Gasteiger partial charge in [0.2, 0.25) is 0 Å². The van der Waals surface area contributed by atoms with E-state index in [9.17, 15) is 0 Å². The van der Waals surface area contributed by atoms with E-state index in [2.05, 4.69) is 23.7 Å². The molecule has 1 saturated heterocycles. The zero-order valence-electron chi connectivity index (χ0n) is 8.71. The van der Waals surface area contributed by atoms with Crippen molar-refractivity contribution >= 4 is 0 Å². The molecule has 0 aromatic heterocycles. The summed E-state index contributed by atoms with van der Waals surface area (Å²) in [6.07, 6.45) is 2.26. The van der Waals surface area contributed by atoms with Gasteiger partial charge in [-0.25, -0.2) is 0 Å². The fraction of sp³-hybridized carbons (Fsp3) is 0.818. The van der Waals surface area contributed by atoms with Gasteiger partial charge in [0, 0.05) is 25.6 Å². The molecule has 0 aliphatic carbocycles. The molecule has 2 nitrogen and oxygen atoms in total. The first-order valence-corrected chi connectivity index (χ1v) is 5.11. The molecular weight excluding hydrogens is 160 g/mol. The first-order valence-electron chi connectivity index (χ1n) is 5.11. The highest BCUT2D eigenvalue weighted by molar-refractivity contribution is 4.96. The Hall–Kier alpha value is -0.520. The van der Waals surface area contributed by atoms with E-state index in [-0.39, 0.29) is 0 Å². The quantitative estimate of drug-likeness (QED) is 0.658. The maximum absolute atomic E-state index is 5.86. The number of nitrogens with two attached hydrogens (primary N) is 1. The van der Waals surface area contributed by atoms with Gasteiger partial charge in [-0.1, -0.05) is 0 Å². The number of rotatable bonds is 3. The van der Waals surface area contributed by atoms with Crippen molar-refractivity contribution in [3.63, 3.8) is 0 Å². The summed E-state index contributed by atoms with van der Waals surface area (Å²) in [7, 11) is 0. The van der Waals surface area contributed by atoms with Crippen LogP contribution in [-0.2, 0) is 0 Å².